The maximum Gasteiger partial charge on any atom is 0.417 e. The number of hydrogen-bond acceptors (Lipinski definition) is 5. The van der Waals surface area contributed by atoms with Crippen LogP contribution in [-0.2, 0) is 6.18 Å². The molecule has 0 spiro atoms. The summed E-state index contributed by atoms with van der Waals surface area (Å²) >= 11 is 6.16. The lowest BCUT2D eigenvalue weighted by molar-refractivity contribution is -0.137. The molecule has 2 unspecified atom stereocenters. The molecule has 2 aliphatic rings. The minimum absolute atomic E-state index is 0.0357. The maximum atomic E-state index is 12.9. The van der Waals surface area contributed by atoms with E-state index in [9.17, 15) is 13.2 Å². The Morgan fingerprint density at radius 3 is 2.50 bits per heavy atom. The van der Waals surface area contributed by atoms with Gasteiger partial charge in [-0.3, -0.25) is 0 Å². The van der Waals surface area contributed by atoms with E-state index in [0.29, 0.717) is 24.2 Å². The summed E-state index contributed by atoms with van der Waals surface area (Å²) in [6, 6.07) is 2.86. The van der Waals surface area contributed by atoms with Crippen LogP contribution in [0.25, 0.3) is 0 Å². The zero-order chi connectivity index (χ0) is 18.3. The van der Waals surface area contributed by atoms with Crippen LogP contribution in [0, 0.1) is 5.92 Å². The molecule has 9 heteroatoms. The Balaban J connectivity index is 1.58. The van der Waals surface area contributed by atoms with Gasteiger partial charge in [0.1, 0.15) is 5.82 Å². The van der Waals surface area contributed by atoms with Crippen molar-refractivity contribution in [3.63, 3.8) is 0 Å². The summed E-state index contributed by atoms with van der Waals surface area (Å²) in [5.41, 5.74) is -0.829. The van der Waals surface area contributed by atoms with Gasteiger partial charge >= 0.3 is 6.18 Å². The Kier molecular flexibility index (Phi) is 4.38. The van der Waals surface area contributed by atoms with Crippen molar-refractivity contribution in [2.24, 2.45) is 5.92 Å². The zero-order valence-corrected chi connectivity index (χ0v) is 14.6. The summed E-state index contributed by atoms with van der Waals surface area (Å²) < 4.78 is 38.6. The van der Waals surface area contributed by atoms with Crippen molar-refractivity contribution in [2.45, 2.75) is 25.1 Å². The molecular formula is C17H17ClF3N5. The number of aromatic nitrogens is 3. The van der Waals surface area contributed by atoms with Crippen LogP contribution in [0.2, 0.25) is 5.02 Å². The summed E-state index contributed by atoms with van der Waals surface area (Å²) in [4.78, 5) is 16.8. The van der Waals surface area contributed by atoms with Crippen LogP contribution < -0.4 is 9.80 Å². The second kappa shape index (κ2) is 6.57. The third-order valence-corrected chi connectivity index (χ3v) is 5.40. The fourth-order valence-electron chi connectivity index (χ4n) is 3.84. The molecule has 2 aromatic rings. The first-order chi connectivity index (χ1) is 12.4. The van der Waals surface area contributed by atoms with E-state index in [1.165, 1.54) is 0 Å². The number of halogens is 4. The lowest BCUT2D eigenvalue weighted by atomic mass is 9.92. The highest BCUT2D eigenvalue weighted by Gasteiger charge is 2.41. The Morgan fingerprint density at radius 2 is 1.81 bits per heavy atom. The zero-order valence-electron chi connectivity index (χ0n) is 13.8. The van der Waals surface area contributed by atoms with E-state index in [2.05, 4.69) is 19.9 Å². The SMILES string of the molecule is FC(F)(F)c1cnc(N2CCC3CCN(c4ncccn4)CC32)c(Cl)c1. The van der Waals surface area contributed by atoms with Crippen molar-refractivity contribution in [3.05, 3.63) is 41.3 Å². The molecule has 2 fully saturated rings. The summed E-state index contributed by atoms with van der Waals surface area (Å²) in [6.07, 6.45) is 1.78. The van der Waals surface area contributed by atoms with Gasteiger partial charge in [0, 0.05) is 38.2 Å². The Labute approximate surface area is 153 Å². The van der Waals surface area contributed by atoms with E-state index in [-0.39, 0.29) is 11.1 Å². The van der Waals surface area contributed by atoms with Crippen molar-refractivity contribution < 1.29 is 13.2 Å². The number of piperidine rings is 1. The highest BCUT2D eigenvalue weighted by Crippen LogP contribution is 2.39. The van der Waals surface area contributed by atoms with Crippen LogP contribution in [0.5, 0.6) is 0 Å². The standard InChI is InChI=1S/C17H17ClF3N5/c18-13-8-12(17(19,20)21)9-24-15(13)26-7-3-11-2-6-25(10-14(11)26)16-22-4-1-5-23-16/h1,4-5,8-9,11,14H,2-3,6-7,10H2. The van der Waals surface area contributed by atoms with Gasteiger partial charge in [-0.1, -0.05) is 11.6 Å². The monoisotopic (exact) mass is 383 g/mol. The third kappa shape index (κ3) is 3.18. The molecular weight excluding hydrogens is 367 g/mol. The molecule has 0 N–H and O–H groups in total. The smallest absolute Gasteiger partial charge is 0.350 e. The minimum atomic E-state index is -4.45. The van der Waals surface area contributed by atoms with E-state index in [1.807, 2.05) is 4.90 Å². The average Bonchev–Trinajstić information content (AvgIpc) is 3.04. The molecule has 0 aromatic carbocycles. The molecule has 138 valence electrons. The number of rotatable bonds is 2. The summed E-state index contributed by atoms with van der Waals surface area (Å²) in [5.74, 6) is 1.56. The third-order valence-electron chi connectivity index (χ3n) is 5.12. The number of pyridine rings is 1. The van der Waals surface area contributed by atoms with Gasteiger partial charge in [0.05, 0.1) is 16.6 Å². The quantitative estimate of drug-likeness (QED) is 0.792. The van der Waals surface area contributed by atoms with Gasteiger partial charge in [0.2, 0.25) is 5.95 Å². The lowest BCUT2D eigenvalue weighted by Gasteiger charge is -2.39. The van der Waals surface area contributed by atoms with Crippen LogP contribution >= 0.6 is 11.6 Å². The van der Waals surface area contributed by atoms with Crippen LogP contribution in [0.3, 0.4) is 0 Å². The van der Waals surface area contributed by atoms with E-state index >= 15 is 0 Å². The topological polar surface area (TPSA) is 45.2 Å². The molecule has 0 amide bonds. The van der Waals surface area contributed by atoms with Gasteiger partial charge in [0.15, 0.2) is 0 Å². The van der Waals surface area contributed by atoms with Crippen LogP contribution in [0.15, 0.2) is 30.7 Å². The maximum absolute atomic E-state index is 12.9. The Morgan fingerprint density at radius 1 is 1.08 bits per heavy atom. The van der Waals surface area contributed by atoms with Crippen LogP contribution in [-0.4, -0.2) is 40.6 Å². The van der Waals surface area contributed by atoms with Crippen molar-refractivity contribution in [1.82, 2.24) is 15.0 Å². The first-order valence-corrected chi connectivity index (χ1v) is 8.82. The van der Waals surface area contributed by atoms with Crippen LogP contribution in [0.4, 0.5) is 24.9 Å². The van der Waals surface area contributed by atoms with E-state index in [1.54, 1.807) is 18.5 Å². The summed E-state index contributed by atoms with van der Waals surface area (Å²) in [5, 5.41) is 0.0357. The van der Waals surface area contributed by atoms with Gasteiger partial charge < -0.3 is 9.80 Å². The predicted molar refractivity (Wildman–Crippen MR) is 92.4 cm³/mol. The molecule has 2 saturated heterocycles. The molecule has 4 rings (SSSR count). The predicted octanol–water partition coefficient (Wildman–Crippen LogP) is 3.65. The molecule has 2 aromatic heterocycles. The van der Waals surface area contributed by atoms with Crippen molar-refractivity contribution in [2.75, 3.05) is 29.4 Å². The average molecular weight is 384 g/mol. The number of fused-ring (bicyclic) bond motifs is 1. The van der Waals surface area contributed by atoms with Gasteiger partial charge in [0.25, 0.3) is 0 Å². The molecule has 2 aliphatic heterocycles. The highest BCUT2D eigenvalue weighted by molar-refractivity contribution is 6.33. The number of nitrogens with zero attached hydrogens (tertiary/aromatic N) is 5. The van der Waals surface area contributed by atoms with Gasteiger partial charge in [-0.25, -0.2) is 15.0 Å². The second-order valence-electron chi connectivity index (χ2n) is 6.62. The fourth-order valence-corrected chi connectivity index (χ4v) is 4.11. The summed E-state index contributed by atoms with van der Waals surface area (Å²) in [6.45, 7) is 2.30. The van der Waals surface area contributed by atoms with Crippen LogP contribution in [0.1, 0.15) is 18.4 Å². The molecule has 0 saturated carbocycles. The van der Waals surface area contributed by atoms with Crippen molar-refractivity contribution >= 4 is 23.4 Å². The molecule has 5 nitrogen and oxygen atoms in total. The lowest BCUT2D eigenvalue weighted by Crippen LogP contribution is -2.49. The Bertz CT molecular complexity index is 786. The molecule has 26 heavy (non-hydrogen) atoms. The largest absolute Gasteiger partial charge is 0.417 e. The first-order valence-electron chi connectivity index (χ1n) is 8.45. The molecule has 0 bridgehead atoms. The normalized spacial score (nSPS) is 23.2. The van der Waals surface area contributed by atoms with E-state index in [4.69, 9.17) is 11.6 Å². The number of alkyl halides is 3. The van der Waals surface area contributed by atoms with Gasteiger partial charge in [-0.05, 0) is 30.9 Å². The Hall–Kier alpha value is -2.09. The van der Waals surface area contributed by atoms with Crippen molar-refractivity contribution in [1.29, 1.82) is 0 Å². The number of anilines is 2. The molecule has 2 atom stereocenters. The molecule has 0 radical (unpaired) electrons. The van der Waals surface area contributed by atoms with E-state index in [0.717, 1.165) is 38.2 Å². The number of hydrogen-bond donors (Lipinski definition) is 0. The van der Waals surface area contributed by atoms with E-state index < -0.39 is 11.7 Å². The highest BCUT2D eigenvalue weighted by atomic mass is 35.5. The summed E-state index contributed by atoms with van der Waals surface area (Å²) in [7, 11) is 0. The molecule has 4 heterocycles. The van der Waals surface area contributed by atoms with Crippen molar-refractivity contribution in [3.8, 4) is 0 Å². The van der Waals surface area contributed by atoms with Gasteiger partial charge in [-0.2, -0.15) is 13.2 Å². The first kappa shape index (κ1) is 17.3. The van der Waals surface area contributed by atoms with Gasteiger partial charge in [-0.15, -0.1) is 0 Å². The molecule has 0 aliphatic carbocycles. The minimum Gasteiger partial charge on any atom is -0.350 e. The fraction of sp³-hybridized carbons (Fsp3) is 0.471. The second-order valence-corrected chi connectivity index (χ2v) is 7.03.